The zero-order valence-electron chi connectivity index (χ0n) is 16.8. The number of aryl methyl sites for hydroxylation is 1. The number of carbonyl (C=O) groups is 1. The average molecular weight is 373 g/mol. The number of nitrogens with one attached hydrogen (secondary N) is 1. The van der Waals surface area contributed by atoms with Gasteiger partial charge in [-0.3, -0.25) is 4.79 Å². The van der Waals surface area contributed by atoms with Crippen molar-refractivity contribution < 1.29 is 13.9 Å². The lowest BCUT2D eigenvalue weighted by Crippen LogP contribution is -2.50. The molecule has 1 aliphatic rings. The SMILES string of the molecule is CCCCc1oc2ccccc2c1CN(C)C(=O)C1(COC)CCNCC1. The van der Waals surface area contributed by atoms with E-state index in [1.165, 1.54) is 0 Å². The van der Waals surface area contributed by atoms with Gasteiger partial charge < -0.3 is 19.4 Å². The minimum atomic E-state index is -0.419. The number of benzene rings is 1. The minimum Gasteiger partial charge on any atom is -0.461 e. The number of carbonyl (C=O) groups excluding carboxylic acids is 1. The van der Waals surface area contributed by atoms with Gasteiger partial charge in [-0.15, -0.1) is 0 Å². The molecule has 1 saturated heterocycles. The molecule has 0 aliphatic carbocycles. The number of unbranched alkanes of at least 4 members (excludes halogenated alkanes) is 1. The van der Waals surface area contributed by atoms with Crippen LogP contribution in [0.5, 0.6) is 0 Å². The fourth-order valence-electron chi connectivity index (χ4n) is 4.18. The highest BCUT2D eigenvalue weighted by molar-refractivity contribution is 5.85. The van der Waals surface area contributed by atoms with Crippen LogP contribution in [0.1, 0.15) is 43.9 Å². The Hall–Kier alpha value is -1.85. The van der Waals surface area contributed by atoms with Crippen molar-refractivity contribution in [2.75, 3.05) is 33.9 Å². The van der Waals surface area contributed by atoms with Crippen LogP contribution in [0.4, 0.5) is 0 Å². The maximum Gasteiger partial charge on any atom is 0.231 e. The summed E-state index contributed by atoms with van der Waals surface area (Å²) >= 11 is 0. The predicted octanol–water partition coefficient (Wildman–Crippen LogP) is 3.75. The van der Waals surface area contributed by atoms with Gasteiger partial charge in [0.25, 0.3) is 0 Å². The molecule has 0 atom stereocenters. The van der Waals surface area contributed by atoms with E-state index in [1.54, 1.807) is 7.11 Å². The molecule has 1 aliphatic heterocycles. The van der Waals surface area contributed by atoms with E-state index in [0.29, 0.717) is 13.2 Å². The largest absolute Gasteiger partial charge is 0.461 e. The molecule has 1 aromatic carbocycles. The Kier molecular flexibility index (Phi) is 6.55. The molecular weight excluding hydrogens is 340 g/mol. The molecule has 1 fully saturated rings. The van der Waals surface area contributed by atoms with Crippen LogP contribution >= 0.6 is 0 Å². The smallest absolute Gasteiger partial charge is 0.231 e. The Morgan fingerprint density at radius 3 is 2.74 bits per heavy atom. The van der Waals surface area contributed by atoms with Gasteiger partial charge in [-0.2, -0.15) is 0 Å². The molecule has 1 aromatic heterocycles. The van der Waals surface area contributed by atoms with Crippen molar-refractivity contribution in [1.82, 2.24) is 10.2 Å². The van der Waals surface area contributed by atoms with Crippen molar-refractivity contribution in [2.45, 2.75) is 45.6 Å². The van der Waals surface area contributed by atoms with E-state index < -0.39 is 5.41 Å². The Bertz CT molecular complexity index is 756. The predicted molar refractivity (Wildman–Crippen MR) is 108 cm³/mol. The number of ether oxygens (including phenoxy) is 1. The maximum atomic E-state index is 13.4. The lowest BCUT2D eigenvalue weighted by atomic mass is 9.78. The molecule has 5 nitrogen and oxygen atoms in total. The molecule has 2 heterocycles. The third-order valence-electron chi connectivity index (χ3n) is 5.72. The van der Waals surface area contributed by atoms with Gasteiger partial charge in [-0.1, -0.05) is 31.5 Å². The third kappa shape index (κ3) is 4.19. The Labute approximate surface area is 162 Å². The van der Waals surface area contributed by atoms with E-state index in [9.17, 15) is 4.79 Å². The number of rotatable bonds is 8. The van der Waals surface area contributed by atoms with Crippen LogP contribution in [0.2, 0.25) is 0 Å². The molecule has 148 valence electrons. The summed E-state index contributed by atoms with van der Waals surface area (Å²) < 4.78 is 11.6. The summed E-state index contributed by atoms with van der Waals surface area (Å²) in [7, 11) is 3.59. The standard InChI is InChI=1S/C22H32N2O3/c1-4-5-9-20-18(17-8-6-7-10-19(17)27-20)15-24(2)21(25)22(16-26-3)11-13-23-14-12-22/h6-8,10,23H,4-5,9,11-16H2,1-3H3. The van der Waals surface area contributed by atoms with Crippen molar-refractivity contribution in [3.05, 3.63) is 35.6 Å². The lowest BCUT2D eigenvalue weighted by Gasteiger charge is -2.38. The van der Waals surface area contributed by atoms with Gasteiger partial charge in [0, 0.05) is 38.1 Å². The number of nitrogens with zero attached hydrogens (tertiary/aromatic N) is 1. The van der Waals surface area contributed by atoms with Crippen molar-refractivity contribution in [3.8, 4) is 0 Å². The normalized spacial score (nSPS) is 16.6. The average Bonchev–Trinajstić information content (AvgIpc) is 3.04. The second-order valence-corrected chi connectivity index (χ2v) is 7.73. The zero-order valence-corrected chi connectivity index (χ0v) is 16.8. The second-order valence-electron chi connectivity index (χ2n) is 7.73. The van der Waals surface area contributed by atoms with Crippen molar-refractivity contribution in [1.29, 1.82) is 0 Å². The number of hydrogen-bond donors (Lipinski definition) is 1. The zero-order chi connectivity index (χ0) is 19.3. The molecular formula is C22H32N2O3. The van der Waals surface area contributed by atoms with Crippen LogP contribution in [0.3, 0.4) is 0 Å². The molecule has 1 N–H and O–H groups in total. The molecule has 0 radical (unpaired) electrons. The molecule has 0 bridgehead atoms. The second kappa shape index (κ2) is 8.89. The summed E-state index contributed by atoms with van der Waals surface area (Å²) in [5.74, 6) is 1.20. The highest BCUT2D eigenvalue weighted by atomic mass is 16.5. The quantitative estimate of drug-likeness (QED) is 0.767. The third-order valence-corrected chi connectivity index (χ3v) is 5.72. The van der Waals surface area contributed by atoms with E-state index in [1.807, 2.05) is 30.1 Å². The molecule has 0 saturated carbocycles. The van der Waals surface area contributed by atoms with Gasteiger partial charge in [0.1, 0.15) is 11.3 Å². The molecule has 5 heteroatoms. The first-order chi connectivity index (χ1) is 13.1. The Balaban J connectivity index is 1.85. The van der Waals surface area contributed by atoms with Gasteiger partial charge in [-0.25, -0.2) is 0 Å². The first-order valence-electron chi connectivity index (χ1n) is 10.1. The van der Waals surface area contributed by atoms with Crippen molar-refractivity contribution in [3.63, 3.8) is 0 Å². The van der Waals surface area contributed by atoms with Gasteiger partial charge in [0.05, 0.1) is 12.0 Å². The molecule has 2 aromatic rings. The van der Waals surface area contributed by atoms with Crippen LogP contribution in [-0.4, -0.2) is 44.7 Å². The van der Waals surface area contributed by atoms with E-state index >= 15 is 0 Å². The molecule has 1 amide bonds. The number of fused-ring (bicyclic) bond motifs is 1. The van der Waals surface area contributed by atoms with E-state index in [2.05, 4.69) is 18.3 Å². The van der Waals surface area contributed by atoms with E-state index in [0.717, 1.165) is 67.5 Å². The van der Waals surface area contributed by atoms with E-state index in [4.69, 9.17) is 9.15 Å². The first-order valence-corrected chi connectivity index (χ1v) is 10.1. The summed E-state index contributed by atoms with van der Waals surface area (Å²) in [6, 6.07) is 8.13. The summed E-state index contributed by atoms with van der Waals surface area (Å²) in [6.45, 7) is 4.96. The van der Waals surface area contributed by atoms with E-state index in [-0.39, 0.29) is 5.91 Å². The fourth-order valence-corrected chi connectivity index (χ4v) is 4.18. The highest BCUT2D eigenvalue weighted by Gasteiger charge is 2.41. The topological polar surface area (TPSA) is 54.7 Å². The summed E-state index contributed by atoms with van der Waals surface area (Å²) in [6.07, 6.45) is 4.76. The van der Waals surface area contributed by atoms with Crippen LogP contribution < -0.4 is 5.32 Å². The minimum absolute atomic E-state index is 0.178. The molecule has 3 rings (SSSR count). The summed E-state index contributed by atoms with van der Waals surface area (Å²) in [5.41, 5.74) is 1.64. The van der Waals surface area contributed by atoms with Crippen LogP contribution in [0.15, 0.2) is 28.7 Å². The lowest BCUT2D eigenvalue weighted by molar-refractivity contribution is -0.146. The number of hydrogen-bond acceptors (Lipinski definition) is 4. The number of methoxy groups -OCH3 is 1. The monoisotopic (exact) mass is 372 g/mol. The van der Waals surface area contributed by atoms with Gasteiger partial charge >= 0.3 is 0 Å². The van der Waals surface area contributed by atoms with Crippen molar-refractivity contribution in [2.24, 2.45) is 5.41 Å². The van der Waals surface area contributed by atoms with Crippen LogP contribution in [0.25, 0.3) is 11.0 Å². The highest BCUT2D eigenvalue weighted by Crippen LogP contribution is 2.33. The summed E-state index contributed by atoms with van der Waals surface area (Å²) in [4.78, 5) is 15.3. The Morgan fingerprint density at radius 2 is 2.04 bits per heavy atom. The molecule has 27 heavy (non-hydrogen) atoms. The van der Waals surface area contributed by atoms with Crippen molar-refractivity contribution >= 4 is 16.9 Å². The van der Waals surface area contributed by atoms with Gasteiger partial charge in [-0.05, 0) is 38.4 Å². The summed E-state index contributed by atoms with van der Waals surface area (Å²) in [5, 5.41) is 4.47. The first kappa shape index (κ1) is 19.9. The number of para-hydroxylation sites is 1. The number of piperidine rings is 1. The maximum absolute atomic E-state index is 13.4. The molecule has 0 unspecified atom stereocenters. The van der Waals surface area contributed by atoms with Gasteiger partial charge in [0.2, 0.25) is 5.91 Å². The van der Waals surface area contributed by atoms with Crippen LogP contribution in [-0.2, 0) is 22.5 Å². The number of furan rings is 1. The van der Waals surface area contributed by atoms with Crippen LogP contribution in [0, 0.1) is 5.41 Å². The Morgan fingerprint density at radius 1 is 1.30 bits per heavy atom. The number of amides is 1. The fraction of sp³-hybridized carbons (Fsp3) is 0.591. The molecule has 0 spiro atoms. The van der Waals surface area contributed by atoms with Gasteiger partial charge in [0.15, 0.2) is 0 Å².